The summed E-state index contributed by atoms with van der Waals surface area (Å²) in [5.41, 5.74) is 13.1. The molecule has 0 spiro atoms. The molecule has 0 aliphatic heterocycles. The van der Waals surface area contributed by atoms with Gasteiger partial charge in [0.25, 0.3) is 11.5 Å². The van der Waals surface area contributed by atoms with E-state index < -0.39 is 5.91 Å². The summed E-state index contributed by atoms with van der Waals surface area (Å²) in [4.78, 5) is 43.7. The summed E-state index contributed by atoms with van der Waals surface area (Å²) in [5.74, 6) is 5.90. The molecule has 0 saturated carbocycles. The van der Waals surface area contributed by atoms with E-state index in [-0.39, 0.29) is 29.5 Å². The fourth-order valence-electron chi connectivity index (χ4n) is 3.91. The third-order valence-corrected chi connectivity index (χ3v) is 5.60. The molecule has 0 saturated heterocycles. The number of aromatic nitrogens is 5. The van der Waals surface area contributed by atoms with E-state index in [1.165, 1.54) is 17.6 Å². The number of imidazole rings is 1. The Bertz CT molecular complexity index is 1800. The molecule has 196 valence electrons. The molecule has 2 aromatic carbocycles. The van der Waals surface area contributed by atoms with Gasteiger partial charge in [0, 0.05) is 25.1 Å². The number of nitrogen functional groups attached to an aromatic ring is 1. The van der Waals surface area contributed by atoms with Crippen LogP contribution in [-0.4, -0.2) is 42.5 Å². The molecular weight excluding hydrogens is 496 g/mol. The normalized spacial score (nSPS) is 10.3. The van der Waals surface area contributed by atoms with Gasteiger partial charge in [-0.15, -0.1) is 0 Å². The van der Waals surface area contributed by atoms with Gasteiger partial charge in [-0.2, -0.15) is 5.10 Å². The number of hydrogen-bond donors (Lipinski definition) is 3. The molecular formula is C28H26N8O3. The predicted molar refractivity (Wildman–Crippen MR) is 148 cm³/mol. The van der Waals surface area contributed by atoms with Crippen molar-refractivity contribution in [2.24, 2.45) is 5.73 Å². The van der Waals surface area contributed by atoms with E-state index in [2.05, 4.69) is 32.2 Å². The number of nitrogens with zero attached hydrogens (tertiary/aromatic N) is 5. The van der Waals surface area contributed by atoms with Crippen LogP contribution in [0.25, 0.3) is 22.2 Å². The number of benzene rings is 2. The molecule has 5 rings (SSSR count). The van der Waals surface area contributed by atoms with Crippen LogP contribution in [0.4, 0.5) is 5.82 Å². The number of aryl methyl sites for hydroxylation is 1. The molecule has 3 aromatic heterocycles. The van der Waals surface area contributed by atoms with Crippen LogP contribution in [0.15, 0.2) is 71.7 Å². The summed E-state index contributed by atoms with van der Waals surface area (Å²) in [7, 11) is 0. The number of nitrogens with one attached hydrogen (secondary N) is 1. The molecule has 0 fully saturated rings. The van der Waals surface area contributed by atoms with Crippen LogP contribution in [0.5, 0.6) is 0 Å². The van der Waals surface area contributed by atoms with Crippen LogP contribution in [0.2, 0.25) is 0 Å². The second-order valence-corrected chi connectivity index (χ2v) is 8.27. The minimum Gasteiger partial charge on any atom is -0.382 e. The highest BCUT2D eigenvalue weighted by molar-refractivity contribution is 5.96. The van der Waals surface area contributed by atoms with Gasteiger partial charge in [0.15, 0.2) is 17.2 Å². The summed E-state index contributed by atoms with van der Waals surface area (Å²) >= 11 is 0. The molecule has 11 nitrogen and oxygen atoms in total. The van der Waals surface area contributed by atoms with Gasteiger partial charge in [0.1, 0.15) is 5.82 Å². The van der Waals surface area contributed by atoms with Crippen molar-refractivity contribution in [3.05, 3.63) is 94.3 Å². The number of para-hydroxylation sites is 1. The van der Waals surface area contributed by atoms with E-state index >= 15 is 0 Å². The van der Waals surface area contributed by atoms with Crippen molar-refractivity contribution in [2.45, 2.75) is 20.3 Å². The Labute approximate surface area is 223 Å². The average molecular weight is 523 g/mol. The van der Waals surface area contributed by atoms with Gasteiger partial charge >= 0.3 is 0 Å². The number of carbonyl (C=O) groups is 2. The predicted octanol–water partition coefficient (Wildman–Crippen LogP) is 1.85. The molecule has 0 unspecified atom stereocenters. The maximum Gasteiger partial charge on any atom is 0.271 e. The maximum atomic E-state index is 13.3. The molecule has 0 radical (unpaired) electrons. The quantitative estimate of drug-likeness (QED) is 0.303. The van der Waals surface area contributed by atoms with Crippen LogP contribution in [-0.2, 0) is 11.2 Å². The van der Waals surface area contributed by atoms with Crippen LogP contribution < -0.4 is 22.3 Å². The van der Waals surface area contributed by atoms with Crippen molar-refractivity contribution >= 4 is 34.2 Å². The average Bonchev–Trinajstić information content (AvgIpc) is 3.27. The molecule has 5 aromatic rings. The van der Waals surface area contributed by atoms with Crippen LogP contribution in [0, 0.1) is 11.8 Å². The first-order valence-electron chi connectivity index (χ1n) is 12.0. The van der Waals surface area contributed by atoms with Crippen LogP contribution in [0.1, 0.15) is 35.7 Å². The molecule has 2 amide bonds. The first kappa shape index (κ1) is 26.6. The summed E-state index contributed by atoms with van der Waals surface area (Å²) in [6, 6.07) is 18.3. The van der Waals surface area contributed by atoms with Gasteiger partial charge < -0.3 is 16.8 Å². The van der Waals surface area contributed by atoms with Gasteiger partial charge in [0.05, 0.1) is 23.1 Å². The highest BCUT2D eigenvalue weighted by Gasteiger charge is 2.15. The SMILES string of the molecule is CCc1nc2cccc(C#CCNC(C)=O)c2c(=O)n1-c1ccccc1.NC(=O)c1c(N)nc2cccnn12. The van der Waals surface area contributed by atoms with E-state index in [0.717, 1.165) is 5.69 Å². The van der Waals surface area contributed by atoms with Gasteiger partial charge in [-0.1, -0.05) is 43.0 Å². The van der Waals surface area contributed by atoms with Gasteiger partial charge in [-0.05, 0) is 36.4 Å². The van der Waals surface area contributed by atoms with Crippen LogP contribution in [0.3, 0.4) is 0 Å². The Balaban J connectivity index is 0.000000226. The van der Waals surface area contributed by atoms with E-state index in [1.54, 1.807) is 22.8 Å². The number of hydrogen-bond acceptors (Lipinski definition) is 7. The molecule has 0 bridgehead atoms. The third-order valence-electron chi connectivity index (χ3n) is 5.60. The molecule has 0 atom stereocenters. The van der Waals surface area contributed by atoms with E-state index in [4.69, 9.17) is 11.5 Å². The van der Waals surface area contributed by atoms with E-state index in [0.29, 0.717) is 34.4 Å². The second-order valence-electron chi connectivity index (χ2n) is 8.27. The smallest absolute Gasteiger partial charge is 0.271 e. The Hall–Kier alpha value is -5.50. The minimum absolute atomic E-state index is 0.103. The highest BCUT2D eigenvalue weighted by atomic mass is 16.2. The monoisotopic (exact) mass is 522 g/mol. The number of anilines is 1. The van der Waals surface area contributed by atoms with Crippen molar-refractivity contribution in [2.75, 3.05) is 12.3 Å². The van der Waals surface area contributed by atoms with Gasteiger partial charge in [0.2, 0.25) is 5.91 Å². The molecule has 39 heavy (non-hydrogen) atoms. The van der Waals surface area contributed by atoms with Crippen molar-refractivity contribution in [1.82, 2.24) is 29.5 Å². The summed E-state index contributed by atoms with van der Waals surface area (Å²) in [5, 5.41) is 7.01. The molecule has 3 heterocycles. The second kappa shape index (κ2) is 11.7. The molecule has 0 aliphatic rings. The number of carbonyl (C=O) groups excluding carboxylic acids is 2. The summed E-state index contributed by atoms with van der Waals surface area (Å²) in [6.45, 7) is 3.65. The third kappa shape index (κ3) is 5.75. The Morgan fingerprint density at radius 2 is 1.79 bits per heavy atom. The number of rotatable bonds is 4. The Kier molecular flexibility index (Phi) is 7.97. The highest BCUT2D eigenvalue weighted by Crippen LogP contribution is 2.16. The van der Waals surface area contributed by atoms with Gasteiger partial charge in [-0.3, -0.25) is 19.0 Å². The first-order chi connectivity index (χ1) is 18.8. The van der Waals surface area contributed by atoms with Crippen molar-refractivity contribution in [3.8, 4) is 17.5 Å². The molecule has 0 aliphatic carbocycles. The number of fused-ring (bicyclic) bond motifs is 2. The van der Waals surface area contributed by atoms with Crippen molar-refractivity contribution < 1.29 is 9.59 Å². The lowest BCUT2D eigenvalue weighted by Crippen LogP contribution is -2.24. The van der Waals surface area contributed by atoms with E-state index in [1.807, 2.05) is 49.4 Å². The lowest BCUT2D eigenvalue weighted by atomic mass is 10.1. The first-order valence-corrected chi connectivity index (χ1v) is 12.0. The molecule has 5 N–H and O–H groups in total. The lowest BCUT2D eigenvalue weighted by molar-refractivity contribution is -0.118. The van der Waals surface area contributed by atoms with Crippen LogP contribution >= 0.6 is 0 Å². The molecule has 11 heteroatoms. The fraction of sp³-hybridized carbons (Fsp3) is 0.143. The lowest BCUT2D eigenvalue weighted by Gasteiger charge is -2.13. The maximum absolute atomic E-state index is 13.3. The minimum atomic E-state index is -0.635. The zero-order valence-electron chi connectivity index (χ0n) is 21.4. The Morgan fingerprint density at radius 3 is 2.49 bits per heavy atom. The topological polar surface area (TPSA) is 163 Å². The van der Waals surface area contributed by atoms with Crippen molar-refractivity contribution in [3.63, 3.8) is 0 Å². The van der Waals surface area contributed by atoms with Crippen molar-refractivity contribution in [1.29, 1.82) is 0 Å². The zero-order chi connectivity index (χ0) is 27.9. The standard InChI is InChI=1S/C21H19N3O2.C7H7N5O/c1-3-19-23-18-13-7-9-16(10-8-14-22-15(2)25)20(18)21(26)24(19)17-11-5-4-6-12-17;8-6-5(7(9)13)12-4(11-6)2-1-3-10-12/h4-7,9,11-13H,3,14H2,1-2H3,(H,22,25);1-3H,8H2,(H2,9,13). The summed E-state index contributed by atoms with van der Waals surface area (Å²) < 4.78 is 2.96. The number of primary amides is 1. The Morgan fingerprint density at radius 1 is 1.03 bits per heavy atom. The zero-order valence-corrected chi connectivity index (χ0v) is 21.4. The van der Waals surface area contributed by atoms with Gasteiger partial charge in [-0.25, -0.2) is 14.5 Å². The number of nitrogens with two attached hydrogens (primary N) is 2. The largest absolute Gasteiger partial charge is 0.382 e. The fourth-order valence-corrected chi connectivity index (χ4v) is 3.91. The van der Waals surface area contributed by atoms with E-state index in [9.17, 15) is 14.4 Å². The number of amides is 2. The summed E-state index contributed by atoms with van der Waals surface area (Å²) in [6.07, 6.45) is 2.17.